The molecule has 0 atom stereocenters. The maximum Gasteiger partial charge on any atom is 0.278 e. The summed E-state index contributed by atoms with van der Waals surface area (Å²) in [5.74, 6) is 1.26. The molecule has 0 fully saturated rings. The van der Waals surface area contributed by atoms with Gasteiger partial charge >= 0.3 is 0 Å². The largest absolute Gasteiger partial charge is 0.493 e. The molecule has 0 unspecified atom stereocenters. The Morgan fingerprint density at radius 2 is 1.29 bits per heavy atom. The van der Waals surface area contributed by atoms with Crippen molar-refractivity contribution in [1.29, 1.82) is 0 Å². The van der Waals surface area contributed by atoms with Gasteiger partial charge in [0.15, 0.2) is 23.0 Å². The van der Waals surface area contributed by atoms with Crippen LogP contribution in [0.25, 0.3) is 5.57 Å². The molecule has 1 heterocycles. The van der Waals surface area contributed by atoms with Gasteiger partial charge in [-0.25, -0.2) is 0 Å². The Labute approximate surface area is 181 Å². The summed E-state index contributed by atoms with van der Waals surface area (Å²) >= 11 is 0. The van der Waals surface area contributed by atoms with E-state index in [1.165, 1.54) is 26.2 Å². The van der Waals surface area contributed by atoms with Gasteiger partial charge < -0.3 is 24.3 Å². The van der Waals surface area contributed by atoms with Crippen molar-refractivity contribution in [3.8, 4) is 23.0 Å². The van der Waals surface area contributed by atoms with E-state index in [1.807, 2.05) is 0 Å². The summed E-state index contributed by atoms with van der Waals surface area (Å²) in [6.45, 7) is 3.59. The summed E-state index contributed by atoms with van der Waals surface area (Å²) < 4.78 is 21.3. The van der Waals surface area contributed by atoms with E-state index in [9.17, 15) is 9.59 Å². The zero-order valence-corrected chi connectivity index (χ0v) is 18.4. The number of ether oxygens (including phenoxy) is 4. The minimum absolute atomic E-state index is 0.179. The second-order valence-corrected chi connectivity index (χ2v) is 7.09. The maximum absolute atomic E-state index is 13.2. The van der Waals surface area contributed by atoms with Gasteiger partial charge in [0.05, 0.1) is 34.0 Å². The zero-order valence-electron chi connectivity index (χ0n) is 18.4. The van der Waals surface area contributed by atoms with Gasteiger partial charge in [0.25, 0.3) is 11.8 Å². The van der Waals surface area contributed by atoms with E-state index >= 15 is 0 Å². The average Bonchev–Trinajstić information content (AvgIpc) is 3.02. The van der Waals surface area contributed by atoms with Gasteiger partial charge in [-0.15, -0.1) is 0 Å². The van der Waals surface area contributed by atoms with Crippen molar-refractivity contribution < 1.29 is 28.5 Å². The smallest absolute Gasteiger partial charge is 0.278 e. The highest BCUT2D eigenvalue weighted by Gasteiger charge is 2.40. The summed E-state index contributed by atoms with van der Waals surface area (Å²) in [4.78, 5) is 27.6. The average molecular weight is 426 g/mol. The fraction of sp³-hybridized carbons (Fsp3) is 0.304. The summed E-state index contributed by atoms with van der Waals surface area (Å²) in [7, 11) is 6.12. The fourth-order valence-electron chi connectivity index (χ4n) is 3.45. The van der Waals surface area contributed by atoms with Crippen LogP contribution >= 0.6 is 0 Å². The first-order valence-electron chi connectivity index (χ1n) is 9.69. The van der Waals surface area contributed by atoms with Crippen LogP contribution < -0.4 is 24.3 Å². The number of nitrogens with one attached hydrogen (secondary N) is 1. The monoisotopic (exact) mass is 426 g/mol. The number of imide groups is 1. The zero-order chi connectivity index (χ0) is 22.7. The normalized spacial score (nSPS) is 13.7. The summed E-state index contributed by atoms with van der Waals surface area (Å²) in [6, 6.07) is 9.97. The molecule has 164 valence electrons. The van der Waals surface area contributed by atoms with E-state index in [0.717, 1.165) is 0 Å². The van der Waals surface area contributed by atoms with Gasteiger partial charge in [-0.2, -0.15) is 0 Å². The lowest BCUT2D eigenvalue weighted by molar-refractivity contribution is -0.138. The van der Waals surface area contributed by atoms with Crippen molar-refractivity contribution in [2.24, 2.45) is 0 Å². The van der Waals surface area contributed by atoms with Crippen LogP contribution in [0.2, 0.25) is 0 Å². The predicted octanol–water partition coefficient (Wildman–Crippen LogP) is 3.32. The maximum atomic E-state index is 13.2. The summed E-state index contributed by atoms with van der Waals surface area (Å²) in [6.07, 6.45) is 0. The third-order valence-electron chi connectivity index (χ3n) is 4.96. The molecule has 2 aromatic carbocycles. The Bertz CT molecular complexity index is 1040. The predicted molar refractivity (Wildman–Crippen MR) is 117 cm³/mol. The van der Waals surface area contributed by atoms with Crippen molar-refractivity contribution in [3.63, 3.8) is 0 Å². The lowest BCUT2D eigenvalue weighted by Gasteiger charge is -2.19. The first kappa shape index (κ1) is 22.0. The molecule has 31 heavy (non-hydrogen) atoms. The van der Waals surface area contributed by atoms with Crippen molar-refractivity contribution in [2.45, 2.75) is 19.9 Å². The summed E-state index contributed by atoms with van der Waals surface area (Å²) in [5.41, 5.74) is 1.56. The molecule has 1 N–H and O–H groups in total. The second kappa shape index (κ2) is 8.99. The number of carbonyl (C=O) groups is 2. The molecule has 0 spiro atoms. The molecule has 8 nitrogen and oxygen atoms in total. The van der Waals surface area contributed by atoms with E-state index < -0.39 is 5.91 Å². The molecule has 0 saturated carbocycles. The highest BCUT2D eigenvalue weighted by Crippen LogP contribution is 2.37. The number of amides is 2. The van der Waals surface area contributed by atoms with Crippen LogP contribution in [0.1, 0.15) is 19.4 Å². The van der Waals surface area contributed by atoms with E-state index in [1.54, 1.807) is 57.4 Å². The molecule has 0 saturated heterocycles. The highest BCUT2D eigenvalue weighted by atomic mass is 16.5. The molecule has 0 aliphatic carbocycles. The quantitative estimate of drug-likeness (QED) is 0.648. The lowest BCUT2D eigenvalue weighted by Crippen LogP contribution is -2.38. The Morgan fingerprint density at radius 1 is 0.742 bits per heavy atom. The minimum Gasteiger partial charge on any atom is -0.493 e. The number of carbonyl (C=O) groups excluding carboxylic acids is 2. The number of anilines is 1. The Kier molecular flexibility index (Phi) is 6.39. The topological polar surface area (TPSA) is 86.3 Å². The molecule has 2 aromatic rings. The molecular formula is C23H26N2O6. The van der Waals surface area contributed by atoms with Crippen LogP contribution in [-0.4, -0.2) is 51.2 Å². The molecule has 1 aliphatic rings. The number of rotatable bonds is 8. The van der Waals surface area contributed by atoms with Crippen molar-refractivity contribution in [2.75, 3.05) is 33.8 Å². The van der Waals surface area contributed by atoms with E-state index in [4.69, 9.17) is 18.9 Å². The molecule has 2 amide bonds. The highest BCUT2D eigenvalue weighted by molar-refractivity contribution is 6.36. The molecule has 1 aliphatic heterocycles. The first-order chi connectivity index (χ1) is 14.9. The molecule has 8 heteroatoms. The van der Waals surface area contributed by atoms with Gasteiger partial charge in [-0.3, -0.25) is 14.5 Å². The molecule has 0 bridgehead atoms. The van der Waals surface area contributed by atoms with Crippen LogP contribution in [0, 0.1) is 0 Å². The Hall–Kier alpha value is -3.68. The van der Waals surface area contributed by atoms with Crippen LogP contribution in [0.3, 0.4) is 0 Å². The van der Waals surface area contributed by atoms with Crippen molar-refractivity contribution in [1.82, 2.24) is 4.90 Å². The molecule has 0 radical (unpaired) electrons. The standard InChI is InChI=1S/C23H26N2O6/c1-13(2)25-22(26)20(14-7-9-16(28-3)18(11-14)30-5)21(23(25)27)24-15-8-10-17(29-4)19(12-15)31-6/h7-13,24H,1-6H3. The number of benzene rings is 2. The third kappa shape index (κ3) is 4.01. The van der Waals surface area contributed by atoms with E-state index in [0.29, 0.717) is 34.2 Å². The number of hydrogen-bond donors (Lipinski definition) is 1. The SMILES string of the molecule is COc1ccc(NC2=C(c3ccc(OC)c(OC)c3)C(=O)N(C(C)C)C2=O)cc1OC. The van der Waals surface area contributed by atoms with Crippen LogP contribution in [-0.2, 0) is 9.59 Å². The van der Waals surface area contributed by atoms with E-state index in [-0.39, 0.29) is 23.2 Å². The number of nitrogens with zero attached hydrogens (tertiary/aromatic N) is 1. The minimum atomic E-state index is -0.403. The van der Waals surface area contributed by atoms with Gasteiger partial charge in [-0.05, 0) is 43.7 Å². The van der Waals surface area contributed by atoms with Crippen molar-refractivity contribution >= 4 is 23.1 Å². The lowest BCUT2D eigenvalue weighted by atomic mass is 10.0. The van der Waals surface area contributed by atoms with Gasteiger partial charge in [0.2, 0.25) is 0 Å². The fourth-order valence-corrected chi connectivity index (χ4v) is 3.45. The third-order valence-corrected chi connectivity index (χ3v) is 4.96. The van der Waals surface area contributed by atoms with Crippen LogP contribution in [0.15, 0.2) is 42.1 Å². The van der Waals surface area contributed by atoms with E-state index in [2.05, 4.69) is 5.32 Å². The number of methoxy groups -OCH3 is 4. The Morgan fingerprint density at radius 3 is 1.84 bits per heavy atom. The van der Waals surface area contributed by atoms with Crippen LogP contribution in [0.4, 0.5) is 5.69 Å². The molecular weight excluding hydrogens is 400 g/mol. The molecule has 3 rings (SSSR count). The van der Waals surface area contributed by atoms with Gasteiger partial charge in [0.1, 0.15) is 5.70 Å². The number of hydrogen-bond acceptors (Lipinski definition) is 7. The summed E-state index contributed by atoms with van der Waals surface area (Å²) in [5, 5.41) is 3.11. The second-order valence-electron chi connectivity index (χ2n) is 7.09. The first-order valence-corrected chi connectivity index (χ1v) is 9.69. The van der Waals surface area contributed by atoms with Crippen LogP contribution in [0.5, 0.6) is 23.0 Å². The Balaban J connectivity index is 2.13. The molecule has 0 aromatic heterocycles. The van der Waals surface area contributed by atoms with Crippen molar-refractivity contribution in [3.05, 3.63) is 47.7 Å². The van der Waals surface area contributed by atoms with Gasteiger partial charge in [-0.1, -0.05) is 6.07 Å². The van der Waals surface area contributed by atoms with Gasteiger partial charge in [0, 0.05) is 17.8 Å².